The number of pyridine rings is 1. The number of aromatic nitrogens is 1. The maximum absolute atomic E-state index is 6.43. The highest BCUT2D eigenvalue weighted by molar-refractivity contribution is 5.80. The molecule has 0 atom stereocenters. The van der Waals surface area contributed by atoms with Crippen LogP contribution in [0.15, 0.2) is 60.8 Å². The molecule has 0 unspecified atom stereocenters. The molecule has 0 fully saturated rings. The first-order valence-corrected chi connectivity index (χ1v) is 8.84. The molecule has 126 valence electrons. The predicted molar refractivity (Wildman–Crippen MR) is 102 cm³/mol. The molecule has 0 saturated carbocycles. The van der Waals surface area contributed by atoms with E-state index in [0.29, 0.717) is 12.5 Å². The van der Waals surface area contributed by atoms with Gasteiger partial charge in [-0.3, -0.25) is 0 Å². The van der Waals surface area contributed by atoms with E-state index in [1.165, 1.54) is 23.1 Å². The maximum atomic E-state index is 6.43. The lowest BCUT2D eigenvalue weighted by Crippen LogP contribution is -2.03. The Morgan fingerprint density at radius 2 is 1.88 bits per heavy atom. The fourth-order valence-corrected chi connectivity index (χ4v) is 3.52. The Bertz CT molecular complexity index is 874. The second-order valence-corrected chi connectivity index (χ2v) is 6.48. The van der Waals surface area contributed by atoms with Crippen LogP contribution in [0.25, 0.3) is 11.1 Å². The minimum Gasteiger partial charge on any atom is -0.477 e. The third kappa shape index (κ3) is 3.36. The lowest BCUT2D eigenvalue weighted by molar-refractivity contribution is 0.310. The van der Waals surface area contributed by atoms with Crippen molar-refractivity contribution in [1.29, 1.82) is 0 Å². The minimum absolute atomic E-state index is 0.611. The molecule has 1 aliphatic rings. The maximum Gasteiger partial charge on any atom is 0.213 e. The number of aryl methyl sites for hydroxylation is 1. The number of hydrogen-bond acceptors (Lipinski definition) is 3. The van der Waals surface area contributed by atoms with Crippen molar-refractivity contribution in [2.24, 2.45) is 0 Å². The van der Waals surface area contributed by atoms with Gasteiger partial charge in [0.15, 0.2) is 0 Å². The van der Waals surface area contributed by atoms with Crippen LogP contribution in [-0.2, 0) is 19.3 Å². The molecule has 0 spiro atoms. The number of rotatable bonds is 5. The van der Waals surface area contributed by atoms with Crippen molar-refractivity contribution < 1.29 is 4.74 Å². The van der Waals surface area contributed by atoms with Gasteiger partial charge in [-0.2, -0.15) is 0 Å². The van der Waals surface area contributed by atoms with E-state index in [4.69, 9.17) is 10.5 Å². The van der Waals surface area contributed by atoms with Crippen LogP contribution in [0.1, 0.15) is 23.1 Å². The van der Waals surface area contributed by atoms with Crippen LogP contribution in [0.5, 0.6) is 5.88 Å². The van der Waals surface area contributed by atoms with Crippen LogP contribution < -0.4 is 10.5 Å². The van der Waals surface area contributed by atoms with Gasteiger partial charge in [0.2, 0.25) is 5.88 Å². The van der Waals surface area contributed by atoms with E-state index in [9.17, 15) is 0 Å². The number of anilines is 1. The molecule has 0 aliphatic heterocycles. The number of nitrogens with two attached hydrogens (primary N) is 1. The topological polar surface area (TPSA) is 48.1 Å². The van der Waals surface area contributed by atoms with Gasteiger partial charge in [0, 0.05) is 29.9 Å². The normalized spacial score (nSPS) is 12.8. The smallest absolute Gasteiger partial charge is 0.213 e. The van der Waals surface area contributed by atoms with Gasteiger partial charge in [-0.15, -0.1) is 0 Å². The summed E-state index contributed by atoms with van der Waals surface area (Å²) in [5.41, 5.74) is 13.5. The molecule has 0 radical (unpaired) electrons. The highest BCUT2D eigenvalue weighted by Gasteiger charge is 2.17. The molecule has 0 bridgehead atoms. The number of fused-ring (bicyclic) bond motifs is 1. The van der Waals surface area contributed by atoms with Gasteiger partial charge >= 0.3 is 0 Å². The van der Waals surface area contributed by atoms with Gasteiger partial charge in [-0.25, -0.2) is 4.98 Å². The van der Waals surface area contributed by atoms with Crippen LogP contribution in [0, 0.1) is 0 Å². The van der Waals surface area contributed by atoms with E-state index in [2.05, 4.69) is 29.2 Å². The largest absolute Gasteiger partial charge is 0.477 e. The Balaban J connectivity index is 1.50. The molecule has 3 aromatic rings. The molecule has 2 aromatic carbocycles. The number of hydrogen-bond donors (Lipinski definition) is 1. The molecule has 0 saturated heterocycles. The van der Waals surface area contributed by atoms with E-state index >= 15 is 0 Å². The molecular weight excluding hydrogens is 308 g/mol. The van der Waals surface area contributed by atoms with Gasteiger partial charge < -0.3 is 10.5 Å². The van der Waals surface area contributed by atoms with Gasteiger partial charge in [-0.05, 0) is 47.6 Å². The van der Waals surface area contributed by atoms with Gasteiger partial charge in [0.25, 0.3) is 0 Å². The Kier molecular flexibility index (Phi) is 4.38. The molecule has 25 heavy (non-hydrogen) atoms. The molecule has 0 amide bonds. The molecule has 3 heteroatoms. The van der Waals surface area contributed by atoms with E-state index in [1.54, 1.807) is 6.20 Å². The van der Waals surface area contributed by atoms with Crippen LogP contribution in [-0.4, -0.2) is 11.6 Å². The summed E-state index contributed by atoms with van der Waals surface area (Å²) in [5, 5.41) is 0. The van der Waals surface area contributed by atoms with Crippen LogP contribution in [0.4, 0.5) is 5.69 Å². The number of nitrogen functional groups attached to an aromatic ring is 1. The lowest BCUT2D eigenvalue weighted by Gasteiger charge is -2.12. The average molecular weight is 330 g/mol. The van der Waals surface area contributed by atoms with Crippen molar-refractivity contribution in [2.45, 2.75) is 25.7 Å². The van der Waals surface area contributed by atoms with Crippen molar-refractivity contribution in [3.05, 3.63) is 77.5 Å². The monoisotopic (exact) mass is 330 g/mol. The Hall–Kier alpha value is -2.81. The zero-order valence-electron chi connectivity index (χ0n) is 14.2. The summed E-state index contributed by atoms with van der Waals surface area (Å²) in [5.74, 6) is 0.647. The van der Waals surface area contributed by atoms with Crippen LogP contribution in [0.3, 0.4) is 0 Å². The van der Waals surface area contributed by atoms with Crippen molar-refractivity contribution in [2.75, 3.05) is 12.3 Å². The number of ether oxygens (including phenoxy) is 1. The fourth-order valence-electron chi connectivity index (χ4n) is 3.52. The lowest BCUT2D eigenvalue weighted by atomic mass is 9.98. The summed E-state index contributed by atoms with van der Waals surface area (Å²) < 4.78 is 5.85. The second kappa shape index (κ2) is 6.98. The fraction of sp³-hybridized carbons (Fsp3) is 0.227. The first-order chi connectivity index (χ1) is 12.3. The number of benzene rings is 2. The summed E-state index contributed by atoms with van der Waals surface area (Å²) in [4.78, 5) is 4.34. The second-order valence-electron chi connectivity index (χ2n) is 6.48. The summed E-state index contributed by atoms with van der Waals surface area (Å²) >= 11 is 0. The van der Waals surface area contributed by atoms with Crippen LogP contribution in [0.2, 0.25) is 0 Å². The van der Waals surface area contributed by atoms with Gasteiger partial charge in [-0.1, -0.05) is 42.5 Å². The third-order valence-corrected chi connectivity index (χ3v) is 4.86. The highest BCUT2D eigenvalue weighted by Crippen LogP contribution is 2.35. The van der Waals surface area contributed by atoms with Crippen molar-refractivity contribution in [3.8, 4) is 17.0 Å². The van der Waals surface area contributed by atoms with E-state index < -0.39 is 0 Å². The standard InChI is InChI=1S/C22H22N2O/c23-22-19-8-4-7-17(19)9-10-20(22)18-11-13-24-21(15-18)25-14-12-16-5-2-1-3-6-16/h1-3,5-6,9-11,13,15H,4,7-8,12,14,23H2. The summed E-state index contributed by atoms with van der Waals surface area (Å²) in [7, 11) is 0. The first-order valence-electron chi connectivity index (χ1n) is 8.84. The quantitative estimate of drug-likeness (QED) is 0.704. The Morgan fingerprint density at radius 1 is 1.00 bits per heavy atom. The molecule has 1 aliphatic carbocycles. The first kappa shape index (κ1) is 15.7. The number of nitrogens with zero attached hydrogens (tertiary/aromatic N) is 1. The van der Waals surface area contributed by atoms with Crippen molar-refractivity contribution in [3.63, 3.8) is 0 Å². The summed E-state index contributed by atoms with van der Waals surface area (Å²) in [6.45, 7) is 0.611. The molecule has 2 N–H and O–H groups in total. The molecule has 3 nitrogen and oxygen atoms in total. The zero-order chi connectivity index (χ0) is 17.1. The zero-order valence-corrected chi connectivity index (χ0v) is 14.2. The molecular formula is C22H22N2O. The Labute approximate surface area is 148 Å². The van der Waals surface area contributed by atoms with E-state index in [0.717, 1.165) is 36.1 Å². The third-order valence-electron chi connectivity index (χ3n) is 4.86. The summed E-state index contributed by atoms with van der Waals surface area (Å²) in [6.07, 6.45) is 6.09. The van der Waals surface area contributed by atoms with Crippen molar-refractivity contribution in [1.82, 2.24) is 4.98 Å². The predicted octanol–water partition coefficient (Wildman–Crippen LogP) is 4.44. The van der Waals surface area contributed by atoms with E-state index in [-0.39, 0.29) is 0 Å². The van der Waals surface area contributed by atoms with Crippen LogP contribution >= 0.6 is 0 Å². The SMILES string of the molecule is Nc1c(-c2ccnc(OCCc3ccccc3)c2)ccc2c1CCC2. The van der Waals surface area contributed by atoms with Crippen molar-refractivity contribution >= 4 is 5.69 Å². The van der Waals surface area contributed by atoms with Gasteiger partial charge in [0.05, 0.1) is 6.61 Å². The Morgan fingerprint density at radius 3 is 2.76 bits per heavy atom. The van der Waals surface area contributed by atoms with Gasteiger partial charge in [0.1, 0.15) is 0 Å². The minimum atomic E-state index is 0.611. The highest BCUT2D eigenvalue weighted by atomic mass is 16.5. The average Bonchev–Trinajstić information content (AvgIpc) is 3.13. The molecule has 1 heterocycles. The summed E-state index contributed by atoms with van der Waals surface area (Å²) in [6, 6.07) is 18.7. The molecule has 1 aromatic heterocycles. The molecule has 4 rings (SSSR count). The van der Waals surface area contributed by atoms with E-state index in [1.807, 2.05) is 30.3 Å².